The third-order valence-electron chi connectivity index (χ3n) is 21.2. The van der Waals surface area contributed by atoms with Gasteiger partial charge in [-0.2, -0.15) is 0 Å². The van der Waals surface area contributed by atoms with Gasteiger partial charge in [-0.3, -0.25) is 96.3 Å². The number of rotatable bonds is 46. The van der Waals surface area contributed by atoms with Crippen molar-refractivity contribution in [3.05, 3.63) is 0 Å². The maximum absolute atomic E-state index is 12.7. The summed E-state index contributed by atoms with van der Waals surface area (Å²) in [6.07, 6.45) is 15.7. The highest BCUT2D eigenvalue weighted by Crippen LogP contribution is 2.26. The Hall–Kier alpha value is -5.25. The first-order valence-electron chi connectivity index (χ1n) is 44.6. The summed E-state index contributed by atoms with van der Waals surface area (Å²) in [6.45, 7) is 26.9. The molecule has 30 nitrogen and oxygen atoms in total. The fourth-order valence-electron chi connectivity index (χ4n) is 13.5. The average Bonchev–Trinajstić information content (AvgIpc) is 0.777. The minimum Gasteiger partial charge on any atom is -0.356 e. The van der Waals surface area contributed by atoms with E-state index in [9.17, 15) is 76.7 Å². The number of alkyl halides is 3. The summed E-state index contributed by atoms with van der Waals surface area (Å²) in [5, 5.41) is 25.8. The van der Waals surface area contributed by atoms with E-state index in [1.807, 2.05) is 102 Å². The van der Waals surface area contributed by atoms with Crippen molar-refractivity contribution in [2.24, 2.45) is 11.8 Å². The molecule has 0 aromatic carbocycles. The molecule has 4 heterocycles. The van der Waals surface area contributed by atoms with Gasteiger partial charge >= 0.3 is 0 Å². The molecule has 0 aliphatic carbocycles. The van der Waals surface area contributed by atoms with Gasteiger partial charge in [0.25, 0.3) is 0 Å². The molecule has 33 heteroatoms. The maximum Gasteiger partial charge on any atom is 0.242 e. The number of carbonyl (C=O) groups is 16. The second-order valence-electron chi connectivity index (χ2n) is 31.6. The van der Waals surface area contributed by atoms with E-state index in [1.165, 1.54) is 39.0 Å². The predicted molar refractivity (Wildman–Crippen MR) is 477 cm³/mol. The van der Waals surface area contributed by atoms with Crippen LogP contribution >= 0.6 is 67.8 Å². The van der Waals surface area contributed by atoms with Crippen LogP contribution in [0.5, 0.6) is 0 Å². The summed E-state index contributed by atoms with van der Waals surface area (Å²) in [5.41, 5.74) is 0. The Balaban J connectivity index is 0.000000814. The second-order valence-corrected chi connectivity index (χ2v) is 33.9. The topological polar surface area (TPSA) is 406 Å². The molecule has 4 fully saturated rings. The van der Waals surface area contributed by atoms with Crippen molar-refractivity contribution in [2.75, 3.05) is 65.5 Å². The average molecular weight is 1990 g/mol. The molecule has 116 heavy (non-hydrogen) atoms. The quantitative estimate of drug-likeness (QED) is 0.0130. The maximum atomic E-state index is 12.7. The van der Waals surface area contributed by atoms with Crippen LogP contribution in [-0.2, 0) is 76.7 Å². The number of hydrogen-bond donors (Lipinski definition) is 10. The third kappa shape index (κ3) is 45.4. The van der Waals surface area contributed by atoms with Crippen molar-refractivity contribution in [3.8, 4) is 0 Å². The Morgan fingerprint density at radius 3 is 0.957 bits per heavy atom. The van der Waals surface area contributed by atoms with E-state index >= 15 is 0 Å². The smallest absolute Gasteiger partial charge is 0.242 e. The van der Waals surface area contributed by atoms with Crippen molar-refractivity contribution >= 4 is 162 Å². The van der Waals surface area contributed by atoms with Crippen LogP contribution in [0.4, 0.5) is 0 Å². The molecule has 664 valence electrons. The van der Waals surface area contributed by atoms with Gasteiger partial charge in [0.1, 0.15) is 47.3 Å². The van der Waals surface area contributed by atoms with E-state index in [4.69, 9.17) is 8.22 Å². The highest BCUT2D eigenvalue weighted by atomic mass is 127. The Labute approximate surface area is 741 Å². The van der Waals surface area contributed by atoms with Crippen LogP contribution in [0.3, 0.4) is 0 Å². The number of ketones is 6. The van der Waals surface area contributed by atoms with E-state index in [2.05, 4.69) is 90.7 Å². The summed E-state index contributed by atoms with van der Waals surface area (Å²) >= 11 is 5.99. The molecule has 0 radical (unpaired) electrons. The first kappa shape index (κ1) is 97.9. The molecule has 0 aromatic heterocycles. The van der Waals surface area contributed by atoms with Crippen molar-refractivity contribution in [3.63, 3.8) is 0 Å². The number of piperidine rings is 4. The number of Topliss-reactive ketones (excluding diaryl/α,β-unsaturated/α-hetero) is 6. The van der Waals surface area contributed by atoms with Crippen molar-refractivity contribution in [1.82, 2.24) is 72.8 Å². The molecule has 0 bridgehead atoms. The summed E-state index contributed by atoms with van der Waals surface area (Å²) < 4.78 is 51.2. The fourth-order valence-corrected chi connectivity index (χ4v) is 14.7. The molecule has 16 atom stereocenters. The van der Waals surface area contributed by atoms with Gasteiger partial charge in [0.2, 0.25) is 59.1 Å². The van der Waals surface area contributed by atoms with E-state index in [-0.39, 0.29) is 121 Å². The highest BCUT2D eigenvalue weighted by Gasteiger charge is 2.34. The molecule has 4 aliphatic rings. The number of nitrogens with one attached hydrogen (secondary N) is 10. The molecular weight excluding hydrogens is 1840 g/mol. The molecular formula is C83H145I3N14O16. The number of carbonyl (C=O) groups excluding carboxylic acids is 16. The van der Waals surface area contributed by atoms with Crippen molar-refractivity contribution < 1.29 is 84.9 Å². The van der Waals surface area contributed by atoms with E-state index in [0.717, 1.165) is 70.6 Å². The van der Waals surface area contributed by atoms with Gasteiger partial charge in [-0.1, -0.05) is 114 Å². The van der Waals surface area contributed by atoms with Crippen LogP contribution in [0.15, 0.2) is 0 Å². The Bertz CT molecular complexity index is 3410. The summed E-state index contributed by atoms with van der Waals surface area (Å²) in [6, 6.07) is -6.28. The molecule has 4 saturated heterocycles. The van der Waals surface area contributed by atoms with E-state index < -0.39 is 96.4 Å². The van der Waals surface area contributed by atoms with Gasteiger partial charge in [-0.05, 0) is 174 Å². The SMILES string of the molecule is CCC(=O)CCCNC(=O)C(C)[15NH]C(=O)C(C)[15NH]C(=O)C[15N]1C(C)CCCC1C.[2H]C(C)(NC(=O)C([2H])([2H])N1C(C)CCCC1C)C(=O)CC(C)C(=O)NCCCC(=O)CI.[2H]C(C)(NC(=O)C[15N]1C(C)CCCC1C)C(=O)[15NH]C(C)C(=O)NCCCC(=O)CI.[2H]C([2H])(C(=O)[15NH]C(C)C(=O)CC(C)C(=O)NCCCC(=O)CI)N1C(C)CCCC1C. The predicted octanol–water partition coefficient (Wildman–Crippen LogP) is 6.79. The minimum absolute atomic E-state index is 0.0561. The number of amides is 10. The van der Waals surface area contributed by atoms with Crippen LogP contribution in [0, 0.1) is 11.8 Å². The van der Waals surface area contributed by atoms with Gasteiger partial charge < -0.3 is 53.2 Å². The van der Waals surface area contributed by atoms with Gasteiger partial charge in [-0.15, -0.1) is 0 Å². The number of nitrogens with zero attached hydrogens (tertiary/aromatic N) is 4. The van der Waals surface area contributed by atoms with Gasteiger partial charge in [0, 0.05) is 131 Å². The Kier molecular flexibility index (Phi) is 50.8. The number of halogens is 3. The van der Waals surface area contributed by atoms with Crippen molar-refractivity contribution in [1.29, 1.82) is 0 Å². The van der Waals surface area contributed by atoms with Gasteiger partial charge in [-0.25, -0.2) is 0 Å². The Morgan fingerprint density at radius 2 is 0.612 bits per heavy atom. The first-order chi connectivity index (χ1) is 56.8. The van der Waals surface area contributed by atoms with Crippen LogP contribution in [-0.4, -0.2) is 263 Å². The van der Waals surface area contributed by atoms with Gasteiger partial charge in [0.05, 0.1) is 59.7 Å². The summed E-state index contributed by atoms with van der Waals surface area (Å²) in [4.78, 5) is 201. The fraction of sp³-hybridized carbons (Fsp3) is 0.807. The monoisotopic (exact) mass is 1990 g/mol. The van der Waals surface area contributed by atoms with Crippen LogP contribution < -0.4 is 53.2 Å². The molecule has 4 aliphatic heterocycles. The highest BCUT2D eigenvalue weighted by molar-refractivity contribution is 14.1. The summed E-state index contributed by atoms with van der Waals surface area (Å²) in [7, 11) is 0. The zero-order valence-electron chi connectivity index (χ0n) is 78.2. The number of hydrogen-bond acceptors (Lipinski definition) is 20. The second kappa shape index (κ2) is 60.3. The standard InChI is InChI=1S/2C21H36IN3O4.C21H38N4O4.C20H35IN4O4/c2*1-14(21(29)23-10-6-9-18(26)12-22)11-19(27)17(4)24-20(28)13-25-15(2)7-5-8-16(25)3;1-6-18(26)11-8-12-22-20(28)16(4)24-21(29)17(5)23-19(27)13-25-14(2)9-7-10-15(25)3;1-13-7-5-8-14(2)25(13)12-18(27)23-16(4)20(29)24-15(3)19(28)22-10-6-9-17(26)11-21/h2*14-17H,5-13H2,1-4H3,(H,23,29)(H,24,28);14-17H,6-13H2,1-5H3,(H,22,28)(H,23,27)(H,24,29);13-16H,5-12H2,1-4H3,(H,22,28)(H,23,27)(H,24,29)/i13D2,24+1;13D2,17D;23+1,24+1,25+1;16D,24+1,25+1. The minimum atomic E-state index is -2.36. The first-order valence-corrected chi connectivity index (χ1v) is 46.2. The van der Waals surface area contributed by atoms with Gasteiger partial charge in [0.15, 0.2) is 11.6 Å². The molecule has 10 N–H and O–H groups in total. The lowest BCUT2D eigenvalue weighted by molar-refractivity contribution is -0.132. The van der Waals surface area contributed by atoms with E-state index in [1.54, 1.807) is 32.6 Å². The lowest BCUT2D eigenvalue weighted by Gasteiger charge is -2.38. The lowest BCUT2D eigenvalue weighted by Crippen LogP contribution is -2.54. The van der Waals surface area contributed by atoms with Crippen LogP contribution in [0.1, 0.15) is 274 Å². The lowest BCUT2D eigenvalue weighted by atomic mass is 9.97. The van der Waals surface area contributed by atoms with Crippen LogP contribution in [0.25, 0.3) is 0 Å². The van der Waals surface area contributed by atoms with E-state index in [0.29, 0.717) is 109 Å². The molecule has 10 amide bonds. The zero-order chi connectivity index (χ0) is 93.3. The molecule has 0 spiro atoms. The molecule has 4 rings (SSSR count). The normalized spacial score (nSPS) is 23.3. The summed E-state index contributed by atoms with van der Waals surface area (Å²) in [5.74, 6) is -6.70. The molecule has 0 saturated carbocycles. The molecule has 16 unspecified atom stereocenters. The largest absolute Gasteiger partial charge is 0.356 e. The zero-order valence-corrected chi connectivity index (χ0v) is 78.6. The number of likely N-dealkylation sites (tertiary alicyclic amines) is 4. The van der Waals surface area contributed by atoms with Crippen LogP contribution in [0.2, 0.25) is 0 Å². The Morgan fingerprint density at radius 1 is 0.336 bits per heavy atom. The third-order valence-corrected chi connectivity index (χ3v) is 23.7. The van der Waals surface area contributed by atoms with Crippen molar-refractivity contribution in [2.45, 2.75) is 350 Å². The molecule has 0 aromatic rings.